The van der Waals surface area contributed by atoms with Crippen LogP contribution in [0.25, 0.3) is 0 Å². The molecular formula is C14H27NO2. The Labute approximate surface area is 105 Å². The molecule has 0 heterocycles. The van der Waals surface area contributed by atoms with Gasteiger partial charge in [0.2, 0.25) is 5.91 Å². The molecule has 0 bridgehead atoms. The van der Waals surface area contributed by atoms with Crippen molar-refractivity contribution in [3.8, 4) is 0 Å². The van der Waals surface area contributed by atoms with Gasteiger partial charge in [-0.15, -0.1) is 0 Å². The Morgan fingerprint density at radius 3 is 2.53 bits per heavy atom. The maximum absolute atomic E-state index is 10.8. The van der Waals surface area contributed by atoms with Gasteiger partial charge in [-0.3, -0.25) is 4.79 Å². The molecule has 3 nitrogen and oxygen atoms in total. The molecule has 0 saturated heterocycles. The van der Waals surface area contributed by atoms with E-state index in [0.717, 1.165) is 32.1 Å². The van der Waals surface area contributed by atoms with Gasteiger partial charge in [-0.05, 0) is 32.6 Å². The number of carbonyl (C=O) groups is 1. The van der Waals surface area contributed by atoms with Gasteiger partial charge in [-0.25, -0.2) is 0 Å². The Morgan fingerprint density at radius 1 is 1.29 bits per heavy atom. The summed E-state index contributed by atoms with van der Waals surface area (Å²) in [6.07, 6.45) is 10.3. The SMILES string of the molecule is CCC/C=C\CCCC[C@H](O)[C@@H](C)NC(C)=O. The number of rotatable bonds is 9. The number of hydrogen-bond donors (Lipinski definition) is 2. The lowest BCUT2D eigenvalue weighted by Gasteiger charge is -2.19. The third-order valence-electron chi connectivity index (χ3n) is 2.75. The van der Waals surface area contributed by atoms with Gasteiger partial charge >= 0.3 is 0 Å². The number of aliphatic hydroxyl groups is 1. The lowest BCUT2D eigenvalue weighted by atomic mass is 10.0. The Morgan fingerprint density at radius 2 is 1.94 bits per heavy atom. The van der Waals surface area contributed by atoms with E-state index < -0.39 is 6.10 Å². The zero-order valence-corrected chi connectivity index (χ0v) is 11.4. The molecule has 0 rings (SSSR count). The molecule has 1 amide bonds. The lowest BCUT2D eigenvalue weighted by molar-refractivity contribution is -0.120. The summed E-state index contributed by atoms with van der Waals surface area (Å²) < 4.78 is 0. The van der Waals surface area contributed by atoms with E-state index in [1.807, 2.05) is 6.92 Å². The van der Waals surface area contributed by atoms with Crippen LogP contribution in [0.3, 0.4) is 0 Å². The first-order chi connectivity index (χ1) is 8.07. The second kappa shape index (κ2) is 10.3. The van der Waals surface area contributed by atoms with Crippen LogP contribution in [-0.2, 0) is 4.79 Å². The molecule has 0 aromatic heterocycles. The number of nitrogens with one attached hydrogen (secondary N) is 1. The fourth-order valence-electron chi connectivity index (χ4n) is 1.68. The molecule has 0 aliphatic rings. The Kier molecular flexibility index (Phi) is 9.83. The second-order valence-electron chi connectivity index (χ2n) is 4.60. The number of amides is 1. The molecule has 0 spiro atoms. The summed E-state index contributed by atoms with van der Waals surface area (Å²) in [6, 6.07) is -0.150. The van der Waals surface area contributed by atoms with Crippen LogP contribution < -0.4 is 5.32 Å². The molecule has 0 radical (unpaired) electrons. The second-order valence-corrected chi connectivity index (χ2v) is 4.60. The minimum absolute atomic E-state index is 0.0842. The molecule has 0 aliphatic heterocycles. The number of carbonyl (C=O) groups excluding carboxylic acids is 1. The van der Waals surface area contributed by atoms with E-state index in [4.69, 9.17) is 0 Å². The van der Waals surface area contributed by atoms with Crippen LogP contribution in [0.15, 0.2) is 12.2 Å². The minimum atomic E-state index is -0.432. The van der Waals surface area contributed by atoms with Gasteiger partial charge in [-0.2, -0.15) is 0 Å². The molecular weight excluding hydrogens is 214 g/mol. The van der Waals surface area contributed by atoms with Crippen LogP contribution in [0.2, 0.25) is 0 Å². The first-order valence-electron chi connectivity index (χ1n) is 6.68. The topological polar surface area (TPSA) is 49.3 Å². The van der Waals surface area contributed by atoms with Crippen molar-refractivity contribution in [1.29, 1.82) is 0 Å². The summed E-state index contributed by atoms with van der Waals surface area (Å²) in [5, 5.41) is 12.5. The number of hydrogen-bond acceptors (Lipinski definition) is 2. The summed E-state index contributed by atoms with van der Waals surface area (Å²) in [5.41, 5.74) is 0. The van der Waals surface area contributed by atoms with E-state index in [1.54, 1.807) is 0 Å². The molecule has 0 aromatic carbocycles. The molecule has 17 heavy (non-hydrogen) atoms. The third kappa shape index (κ3) is 10.1. The molecule has 3 heteroatoms. The molecule has 2 atom stereocenters. The molecule has 0 aromatic rings. The monoisotopic (exact) mass is 241 g/mol. The Hall–Kier alpha value is -0.830. The van der Waals surface area contributed by atoms with Crippen molar-refractivity contribution < 1.29 is 9.90 Å². The normalized spacial score (nSPS) is 14.8. The summed E-state index contributed by atoms with van der Waals surface area (Å²) in [6.45, 7) is 5.49. The van der Waals surface area contributed by atoms with E-state index in [-0.39, 0.29) is 11.9 Å². The third-order valence-corrected chi connectivity index (χ3v) is 2.75. The Bertz CT molecular complexity index is 226. The number of unbranched alkanes of at least 4 members (excludes halogenated alkanes) is 3. The summed E-state index contributed by atoms with van der Waals surface area (Å²) in [4.78, 5) is 10.8. The molecule has 0 saturated carbocycles. The largest absolute Gasteiger partial charge is 0.391 e. The van der Waals surface area contributed by atoms with E-state index in [2.05, 4.69) is 24.4 Å². The maximum Gasteiger partial charge on any atom is 0.217 e. The standard InChI is InChI=1S/C14H27NO2/c1-4-5-6-7-8-9-10-11-14(17)12(2)15-13(3)16/h6-7,12,14,17H,4-5,8-11H2,1-3H3,(H,15,16)/b7-6-/t12-,14+/m1/s1. The van der Waals surface area contributed by atoms with Crippen LogP contribution >= 0.6 is 0 Å². The summed E-state index contributed by atoms with van der Waals surface area (Å²) >= 11 is 0. The highest BCUT2D eigenvalue weighted by Crippen LogP contribution is 2.07. The van der Waals surface area contributed by atoms with Crippen molar-refractivity contribution in [1.82, 2.24) is 5.32 Å². The predicted molar refractivity (Wildman–Crippen MR) is 71.8 cm³/mol. The van der Waals surface area contributed by atoms with Gasteiger partial charge in [0.25, 0.3) is 0 Å². The molecule has 0 aliphatic carbocycles. The highest BCUT2D eigenvalue weighted by molar-refractivity contribution is 5.73. The highest BCUT2D eigenvalue weighted by atomic mass is 16.3. The zero-order valence-electron chi connectivity index (χ0n) is 11.4. The molecule has 0 fully saturated rings. The van der Waals surface area contributed by atoms with Gasteiger partial charge in [0.15, 0.2) is 0 Å². The van der Waals surface area contributed by atoms with E-state index in [0.29, 0.717) is 0 Å². The maximum atomic E-state index is 10.8. The van der Waals surface area contributed by atoms with E-state index >= 15 is 0 Å². The van der Waals surface area contributed by atoms with Crippen LogP contribution in [0.5, 0.6) is 0 Å². The number of allylic oxidation sites excluding steroid dienone is 2. The minimum Gasteiger partial charge on any atom is -0.391 e. The van der Waals surface area contributed by atoms with Crippen molar-refractivity contribution >= 4 is 5.91 Å². The Balaban J connectivity index is 3.50. The van der Waals surface area contributed by atoms with Crippen molar-refractivity contribution in [3.63, 3.8) is 0 Å². The average Bonchev–Trinajstić information content (AvgIpc) is 2.26. The van der Waals surface area contributed by atoms with Crippen molar-refractivity contribution in [2.45, 2.75) is 71.4 Å². The lowest BCUT2D eigenvalue weighted by Crippen LogP contribution is -2.39. The van der Waals surface area contributed by atoms with Crippen LogP contribution in [0.1, 0.15) is 59.3 Å². The van der Waals surface area contributed by atoms with Crippen LogP contribution in [0.4, 0.5) is 0 Å². The fourth-order valence-corrected chi connectivity index (χ4v) is 1.68. The predicted octanol–water partition coefficient (Wildman–Crippen LogP) is 2.79. The van der Waals surface area contributed by atoms with Gasteiger partial charge in [0.1, 0.15) is 0 Å². The van der Waals surface area contributed by atoms with Crippen LogP contribution in [0, 0.1) is 0 Å². The quantitative estimate of drug-likeness (QED) is 0.482. The van der Waals surface area contributed by atoms with Crippen LogP contribution in [-0.4, -0.2) is 23.2 Å². The van der Waals surface area contributed by atoms with Gasteiger partial charge in [0, 0.05) is 6.92 Å². The van der Waals surface area contributed by atoms with Gasteiger partial charge in [-0.1, -0.05) is 31.9 Å². The fraction of sp³-hybridized carbons (Fsp3) is 0.786. The molecule has 2 N–H and O–H groups in total. The van der Waals surface area contributed by atoms with Crippen molar-refractivity contribution in [3.05, 3.63) is 12.2 Å². The van der Waals surface area contributed by atoms with Crippen molar-refractivity contribution in [2.24, 2.45) is 0 Å². The highest BCUT2D eigenvalue weighted by Gasteiger charge is 2.13. The summed E-state index contributed by atoms with van der Waals surface area (Å²) in [5.74, 6) is -0.0842. The molecule has 100 valence electrons. The van der Waals surface area contributed by atoms with E-state index in [9.17, 15) is 9.90 Å². The van der Waals surface area contributed by atoms with Gasteiger partial charge in [0.05, 0.1) is 12.1 Å². The summed E-state index contributed by atoms with van der Waals surface area (Å²) in [7, 11) is 0. The molecule has 0 unspecified atom stereocenters. The van der Waals surface area contributed by atoms with Crippen molar-refractivity contribution in [2.75, 3.05) is 0 Å². The smallest absolute Gasteiger partial charge is 0.217 e. The van der Waals surface area contributed by atoms with E-state index in [1.165, 1.54) is 13.3 Å². The number of aliphatic hydroxyl groups excluding tert-OH is 1. The first-order valence-corrected chi connectivity index (χ1v) is 6.68. The zero-order chi connectivity index (χ0) is 13.1. The van der Waals surface area contributed by atoms with Gasteiger partial charge < -0.3 is 10.4 Å². The first kappa shape index (κ1) is 16.2. The average molecular weight is 241 g/mol.